The van der Waals surface area contributed by atoms with Crippen LogP contribution < -0.4 is 15.4 Å². The maximum atomic E-state index is 14.1. The molecule has 0 radical (unpaired) electrons. The van der Waals surface area contributed by atoms with Crippen LogP contribution in [0.1, 0.15) is 42.4 Å². The molecule has 192 valence electrons. The van der Waals surface area contributed by atoms with Crippen LogP contribution in [0.4, 0.5) is 0 Å². The second-order valence-corrected chi connectivity index (χ2v) is 10.7. The van der Waals surface area contributed by atoms with Gasteiger partial charge in [0.2, 0.25) is 5.91 Å². The monoisotopic (exact) mass is 513 g/mol. The van der Waals surface area contributed by atoms with E-state index in [0.29, 0.717) is 6.54 Å². The number of hydrogen-bond acceptors (Lipinski definition) is 5. The summed E-state index contributed by atoms with van der Waals surface area (Å²) in [5, 5.41) is 7.72. The zero-order valence-corrected chi connectivity index (χ0v) is 22.3. The van der Waals surface area contributed by atoms with Gasteiger partial charge < -0.3 is 15.4 Å². The first kappa shape index (κ1) is 25.4. The van der Waals surface area contributed by atoms with Gasteiger partial charge in [-0.2, -0.15) is 0 Å². The molecule has 3 aromatic rings. The van der Waals surface area contributed by atoms with E-state index in [-0.39, 0.29) is 5.91 Å². The first-order chi connectivity index (χ1) is 18.2. The number of carbonyl (C=O) groups is 1. The van der Waals surface area contributed by atoms with Gasteiger partial charge in [0.25, 0.3) is 0 Å². The largest absolute Gasteiger partial charge is 0.497 e. The van der Waals surface area contributed by atoms with Crippen molar-refractivity contribution in [2.24, 2.45) is 4.99 Å². The lowest BCUT2D eigenvalue weighted by Crippen LogP contribution is -2.45. The minimum atomic E-state index is -0.655. The van der Waals surface area contributed by atoms with Gasteiger partial charge in [-0.25, -0.2) is 0 Å². The van der Waals surface area contributed by atoms with Crippen LogP contribution in [0, 0.1) is 0 Å². The summed E-state index contributed by atoms with van der Waals surface area (Å²) in [6.45, 7) is 2.44. The lowest BCUT2D eigenvalue weighted by Gasteiger charge is -2.31. The highest BCUT2D eigenvalue weighted by molar-refractivity contribution is 8.13. The number of fused-ring (bicyclic) bond motifs is 3. The number of ether oxygens (including phenoxy) is 1. The fourth-order valence-corrected chi connectivity index (χ4v) is 6.46. The molecule has 3 aromatic carbocycles. The topological polar surface area (TPSA) is 62.7 Å². The molecule has 5 nitrogen and oxygen atoms in total. The molecule has 2 N–H and O–H groups in total. The van der Waals surface area contributed by atoms with Crippen LogP contribution in [-0.4, -0.2) is 43.6 Å². The summed E-state index contributed by atoms with van der Waals surface area (Å²) < 4.78 is 5.27. The number of nitrogens with zero attached hydrogens (tertiary/aromatic N) is 1. The Labute approximate surface area is 224 Å². The zero-order chi connectivity index (χ0) is 25.5. The van der Waals surface area contributed by atoms with E-state index in [1.54, 1.807) is 7.11 Å². The van der Waals surface area contributed by atoms with Crippen molar-refractivity contribution in [1.29, 1.82) is 0 Å². The molecule has 0 unspecified atom stereocenters. The molecule has 0 spiro atoms. The Morgan fingerprint density at radius 2 is 1.68 bits per heavy atom. The first-order valence-electron chi connectivity index (χ1n) is 13.2. The number of methoxy groups -OCH3 is 1. The Bertz CT molecular complexity index is 1210. The molecular formula is C31H35N3O2S. The van der Waals surface area contributed by atoms with Gasteiger partial charge in [-0.05, 0) is 59.2 Å². The van der Waals surface area contributed by atoms with E-state index in [4.69, 9.17) is 4.74 Å². The fourth-order valence-electron chi connectivity index (χ4n) is 5.53. The SMILES string of the molecule is COc1ccc(CCNC(=O)C2(CCCCCSC3=NCCN3)c3ccccc3-c3ccccc32)cc1. The van der Waals surface area contributed by atoms with Crippen molar-refractivity contribution in [2.75, 3.05) is 32.5 Å². The average Bonchev–Trinajstić information content (AvgIpc) is 3.56. The first-order valence-corrected chi connectivity index (χ1v) is 14.2. The van der Waals surface area contributed by atoms with E-state index in [0.717, 1.165) is 73.0 Å². The Kier molecular flexibility index (Phi) is 8.15. The molecule has 1 heterocycles. The molecule has 1 amide bonds. The maximum absolute atomic E-state index is 14.1. The number of hydrogen-bond donors (Lipinski definition) is 2. The van der Waals surface area contributed by atoms with Gasteiger partial charge >= 0.3 is 0 Å². The van der Waals surface area contributed by atoms with Crippen LogP contribution >= 0.6 is 11.8 Å². The van der Waals surface area contributed by atoms with E-state index in [1.165, 1.54) is 16.7 Å². The third-order valence-corrected chi connectivity index (χ3v) is 8.43. The molecule has 6 heteroatoms. The molecule has 5 rings (SSSR count). The van der Waals surface area contributed by atoms with Crippen LogP contribution in [0.2, 0.25) is 0 Å². The van der Waals surface area contributed by atoms with Crippen LogP contribution in [0.25, 0.3) is 11.1 Å². The maximum Gasteiger partial charge on any atom is 0.235 e. The predicted octanol–water partition coefficient (Wildman–Crippen LogP) is 5.57. The van der Waals surface area contributed by atoms with Crippen molar-refractivity contribution in [3.05, 3.63) is 89.5 Å². The van der Waals surface area contributed by atoms with Gasteiger partial charge in [0.1, 0.15) is 11.2 Å². The lowest BCUT2D eigenvalue weighted by molar-refractivity contribution is -0.125. The van der Waals surface area contributed by atoms with Crippen LogP contribution in [0.5, 0.6) is 5.75 Å². The highest BCUT2D eigenvalue weighted by Gasteiger charge is 2.48. The molecule has 37 heavy (non-hydrogen) atoms. The van der Waals surface area contributed by atoms with Crippen LogP contribution in [0.15, 0.2) is 77.8 Å². The summed E-state index contributed by atoms with van der Waals surface area (Å²) in [6.07, 6.45) is 4.79. The summed E-state index contributed by atoms with van der Waals surface area (Å²) in [5.74, 6) is 2.01. The Balaban J connectivity index is 1.30. The molecule has 1 aliphatic heterocycles. The molecule has 0 aromatic heterocycles. The summed E-state index contributed by atoms with van der Waals surface area (Å²) in [7, 11) is 1.67. The molecule has 0 fully saturated rings. The van der Waals surface area contributed by atoms with Crippen molar-refractivity contribution in [1.82, 2.24) is 10.6 Å². The van der Waals surface area contributed by atoms with Crippen molar-refractivity contribution in [3.63, 3.8) is 0 Å². The summed E-state index contributed by atoms with van der Waals surface area (Å²) in [4.78, 5) is 18.6. The van der Waals surface area contributed by atoms with E-state index < -0.39 is 5.41 Å². The van der Waals surface area contributed by atoms with Gasteiger partial charge in [-0.15, -0.1) is 0 Å². The van der Waals surface area contributed by atoms with E-state index in [2.05, 4.69) is 76.3 Å². The standard InChI is InChI=1S/C31H35N3O2S/c1-36-24-15-13-23(14-16-24)17-19-32-29(35)31(18-7-2-8-22-37-30-33-20-21-34-30)27-11-5-3-9-25(27)26-10-4-6-12-28(26)31/h3-6,9-16H,2,7-8,17-22H2,1H3,(H,32,35)(H,33,34). The van der Waals surface area contributed by atoms with Crippen LogP contribution in [0.3, 0.4) is 0 Å². The third kappa shape index (κ3) is 5.40. The average molecular weight is 514 g/mol. The normalized spacial score (nSPS) is 14.9. The molecular weight excluding hydrogens is 478 g/mol. The van der Waals surface area contributed by atoms with Gasteiger partial charge in [-0.1, -0.05) is 85.3 Å². The number of amidine groups is 1. The lowest BCUT2D eigenvalue weighted by atomic mass is 9.73. The highest BCUT2D eigenvalue weighted by atomic mass is 32.2. The third-order valence-electron chi connectivity index (χ3n) is 7.39. The number of benzene rings is 3. The minimum Gasteiger partial charge on any atom is -0.497 e. The minimum absolute atomic E-state index is 0.109. The predicted molar refractivity (Wildman–Crippen MR) is 154 cm³/mol. The van der Waals surface area contributed by atoms with E-state index in [1.807, 2.05) is 23.9 Å². The molecule has 0 saturated carbocycles. The number of rotatable bonds is 11. The smallest absolute Gasteiger partial charge is 0.235 e. The van der Waals surface area contributed by atoms with E-state index in [9.17, 15) is 4.79 Å². The van der Waals surface area contributed by atoms with Crippen molar-refractivity contribution in [3.8, 4) is 16.9 Å². The van der Waals surface area contributed by atoms with Crippen molar-refractivity contribution >= 4 is 22.8 Å². The molecule has 0 atom stereocenters. The van der Waals surface area contributed by atoms with Gasteiger partial charge in [0.15, 0.2) is 5.17 Å². The van der Waals surface area contributed by atoms with Crippen molar-refractivity contribution in [2.45, 2.75) is 37.5 Å². The molecule has 2 aliphatic rings. The highest BCUT2D eigenvalue weighted by Crippen LogP contribution is 2.51. The number of carbonyl (C=O) groups excluding carboxylic acids is 1. The second-order valence-electron chi connectivity index (χ2n) is 9.62. The number of unbranched alkanes of at least 4 members (excludes halogenated alkanes) is 2. The van der Waals surface area contributed by atoms with E-state index >= 15 is 0 Å². The zero-order valence-electron chi connectivity index (χ0n) is 21.5. The number of thioether (sulfide) groups is 1. The van der Waals surface area contributed by atoms with Gasteiger partial charge in [0.05, 0.1) is 13.7 Å². The Morgan fingerprint density at radius 1 is 0.973 bits per heavy atom. The van der Waals surface area contributed by atoms with Gasteiger partial charge in [0, 0.05) is 18.8 Å². The number of aliphatic imine (C=N–C) groups is 1. The summed E-state index contributed by atoms with van der Waals surface area (Å²) >= 11 is 1.81. The fraction of sp³-hybridized carbons (Fsp3) is 0.355. The molecule has 1 aliphatic carbocycles. The number of nitrogens with one attached hydrogen (secondary N) is 2. The Morgan fingerprint density at radius 3 is 2.32 bits per heavy atom. The van der Waals surface area contributed by atoms with Crippen molar-refractivity contribution < 1.29 is 9.53 Å². The number of amides is 1. The van der Waals surface area contributed by atoms with Crippen LogP contribution in [-0.2, 0) is 16.6 Å². The second kappa shape index (κ2) is 11.9. The summed E-state index contributed by atoms with van der Waals surface area (Å²) in [5.41, 5.74) is 5.17. The van der Waals surface area contributed by atoms with Gasteiger partial charge in [-0.3, -0.25) is 9.79 Å². The Hall–Kier alpha value is -3.25. The summed E-state index contributed by atoms with van der Waals surface area (Å²) in [6, 6.07) is 25.0. The molecule has 0 saturated heterocycles. The molecule has 0 bridgehead atoms. The quantitative estimate of drug-likeness (QED) is 0.329.